The van der Waals surface area contributed by atoms with E-state index >= 15 is 0 Å². The van der Waals surface area contributed by atoms with Crippen LogP contribution in [-0.4, -0.2) is 4.57 Å². The van der Waals surface area contributed by atoms with Crippen molar-refractivity contribution >= 4 is 70.4 Å². The quantitative estimate of drug-likeness (QED) is 0.157. The fourth-order valence-electron chi connectivity index (χ4n) is 8.57. The number of aromatic nitrogens is 1. The predicted octanol–water partition coefficient (Wildman–Crippen LogP) is 15.8. The number of hydrogen-bond acceptors (Lipinski definition) is 2. The number of fused-ring (bicyclic) bond motifs is 6. The Morgan fingerprint density at radius 3 is 1.76 bits per heavy atom. The molecule has 0 aliphatic carbocycles. The molecule has 0 bridgehead atoms. The SMILES string of the molecule is Fc1ccc2c3ccccc3n(-c3ccccc3-c3ccc(N(c4ccc(-c5ccc6c(c5)sc5ccccc56)cc4)c4ccccc4-c4ccccc4)cc3)c2c1. The van der Waals surface area contributed by atoms with Crippen LogP contribution in [0.1, 0.15) is 0 Å². The lowest BCUT2D eigenvalue weighted by Crippen LogP contribution is -2.11. The molecule has 0 amide bonds. The molecule has 0 radical (unpaired) electrons. The molecule has 0 saturated heterocycles. The van der Waals surface area contributed by atoms with Gasteiger partial charge in [-0.15, -0.1) is 11.3 Å². The van der Waals surface area contributed by atoms with Crippen LogP contribution < -0.4 is 4.90 Å². The number of thiophene rings is 1. The maximum atomic E-state index is 14.8. The Kier molecular flexibility index (Phi) is 8.23. The van der Waals surface area contributed by atoms with E-state index in [1.54, 1.807) is 12.1 Å². The van der Waals surface area contributed by atoms with Crippen LogP contribution in [0.3, 0.4) is 0 Å². The smallest absolute Gasteiger partial charge is 0.125 e. The Bertz CT molecular complexity index is 3290. The van der Waals surface area contributed by atoms with Gasteiger partial charge in [-0.3, -0.25) is 0 Å². The van der Waals surface area contributed by atoms with E-state index in [0.717, 1.165) is 66.8 Å². The van der Waals surface area contributed by atoms with Crippen molar-refractivity contribution in [1.82, 2.24) is 4.57 Å². The van der Waals surface area contributed by atoms with Crippen LogP contribution in [0.25, 0.3) is 81.0 Å². The first kappa shape index (κ1) is 34.0. The summed E-state index contributed by atoms with van der Waals surface area (Å²) in [6, 6.07) is 74.3. The molecule has 11 aromatic rings. The van der Waals surface area contributed by atoms with Gasteiger partial charge in [-0.2, -0.15) is 0 Å². The zero-order valence-electron chi connectivity index (χ0n) is 31.4. The lowest BCUT2D eigenvalue weighted by molar-refractivity contribution is 0.629. The molecule has 0 spiro atoms. The van der Waals surface area contributed by atoms with Crippen molar-refractivity contribution in [2.75, 3.05) is 4.90 Å². The summed E-state index contributed by atoms with van der Waals surface area (Å²) in [6.45, 7) is 0. The van der Waals surface area contributed by atoms with E-state index in [2.05, 4.69) is 191 Å². The largest absolute Gasteiger partial charge is 0.310 e. The van der Waals surface area contributed by atoms with Gasteiger partial charge in [-0.1, -0.05) is 140 Å². The second-order valence-corrected chi connectivity index (χ2v) is 15.7. The zero-order valence-corrected chi connectivity index (χ0v) is 32.2. The van der Waals surface area contributed by atoms with Crippen LogP contribution in [0.4, 0.5) is 21.5 Å². The third kappa shape index (κ3) is 5.77. The molecule has 0 aliphatic heterocycles. The number of anilines is 3. The average molecular weight is 763 g/mol. The maximum absolute atomic E-state index is 14.8. The van der Waals surface area contributed by atoms with Crippen LogP contribution in [0.15, 0.2) is 212 Å². The first-order chi connectivity index (χ1) is 28.7. The van der Waals surface area contributed by atoms with Gasteiger partial charge in [0.25, 0.3) is 0 Å². The van der Waals surface area contributed by atoms with Crippen molar-refractivity contribution in [3.63, 3.8) is 0 Å². The number of benzene rings is 9. The van der Waals surface area contributed by atoms with E-state index in [1.807, 2.05) is 29.5 Å². The van der Waals surface area contributed by atoms with Gasteiger partial charge in [0.15, 0.2) is 0 Å². The van der Waals surface area contributed by atoms with Gasteiger partial charge >= 0.3 is 0 Å². The molecule has 11 rings (SSSR count). The van der Waals surface area contributed by atoms with Gasteiger partial charge in [0.1, 0.15) is 5.82 Å². The molecule has 58 heavy (non-hydrogen) atoms. The molecule has 0 saturated carbocycles. The molecule has 0 atom stereocenters. The van der Waals surface area contributed by atoms with E-state index in [4.69, 9.17) is 0 Å². The lowest BCUT2D eigenvalue weighted by Gasteiger charge is -2.28. The molecule has 274 valence electrons. The first-order valence-electron chi connectivity index (χ1n) is 19.5. The lowest BCUT2D eigenvalue weighted by atomic mass is 9.99. The summed E-state index contributed by atoms with van der Waals surface area (Å²) >= 11 is 1.85. The Morgan fingerprint density at radius 2 is 0.948 bits per heavy atom. The Balaban J connectivity index is 1.02. The van der Waals surface area contributed by atoms with E-state index < -0.39 is 0 Å². The van der Waals surface area contributed by atoms with Crippen molar-refractivity contribution in [3.8, 4) is 39.1 Å². The monoisotopic (exact) mass is 762 g/mol. The minimum absolute atomic E-state index is 0.250. The van der Waals surface area contributed by atoms with Gasteiger partial charge < -0.3 is 9.47 Å². The van der Waals surface area contributed by atoms with Crippen molar-refractivity contribution in [3.05, 3.63) is 218 Å². The topological polar surface area (TPSA) is 8.17 Å². The second kappa shape index (κ2) is 14.0. The number of rotatable bonds is 7. The van der Waals surface area contributed by atoms with Crippen molar-refractivity contribution in [2.24, 2.45) is 0 Å². The Hall–Kier alpha value is -7.27. The summed E-state index contributed by atoms with van der Waals surface area (Å²) in [4.78, 5) is 2.35. The van der Waals surface area contributed by atoms with Crippen LogP contribution in [0, 0.1) is 5.82 Å². The van der Waals surface area contributed by atoms with Gasteiger partial charge in [0, 0.05) is 53.4 Å². The summed E-state index contributed by atoms with van der Waals surface area (Å²) in [5.74, 6) is -0.250. The van der Waals surface area contributed by atoms with Crippen LogP contribution in [-0.2, 0) is 0 Å². The highest BCUT2D eigenvalue weighted by atomic mass is 32.1. The average Bonchev–Trinajstić information content (AvgIpc) is 3.82. The number of nitrogens with zero attached hydrogens (tertiary/aromatic N) is 2. The second-order valence-electron chi connectivity index (χ2n) is 14.7. The highest BCUT2D eigenvalue weighted by Crippen LogP contribution is 2.43. The predicted molar refractivity (Wildman–Crippen MR) is 245 cm³/mol. The van der Waals surface area contributed by atoms with E-state index in [9.17, 15) is 4.39 Å². The zero-order chi connectivity index (χ0) is 38.6. The van der Waals surface area contributed by atoms with Gasteiger partial charge in [-0.25, -0.2) is 4.39 Å². The minimum atomic E-state index is -0.250. The first-order valence-corrected chi connectivity index (χ1v) is 20.3. The van der Waals surface area contributed by atoms with Gasteiger partial charge in [0.2, 0.25) is 0 Å². The summed E-state index contributed by atoms with van der Waals surface area (Å²) in [5, 5.41) is 4.75. The molecular formula is C54H35FN2S. The van der Waals surface area contributed by atoms with Crippen LogP contribution in [0.2, 0.25) is 0 Å². The Labute approximate surface area is 339 Å². The number of para-hydroxylation sites is 3. The van der Waals surface area contributed by atoms with E-state index in [1.165, 1.54) is 31.3 Å². The van der Waals surface area contributed by atoms with Gasteiger partial charge in [0.05, 0.1) is 22.4 Å². The standard InChI is InChI=1S/C54H35FN2S/c55-40-27-33-46-45-16-6-10-20-51(45)57(52(46)35-40)50-19-9-5-15-44(50)38-24-30-42(31-25-38)56(49-18-8-4-14-43(49)37-12-2-1-3-13-37)41-28-22-36(23-29-41)39-26-32-48-47-17-7-11-21-53(47)58-54(48)34-39/h1-35H. The highest BCUT2D eigenvalue weighted by Gasteiger charge is 2.20. The minimum Gasteiger partial charge on any atom is -0.310 e. The van der Waals surface area contributed by atoms with Crippen molar-refractivity contribution < 1.29 is 4.39 Å². The third-order valence-corrected chi connectivity index (χ3v) is 12.4. The molecule has 0 unspecified atom stereocenters. The van der Waals surface area contributed by atoms with Gasteiger partial charge in [-0.05, 0) is 95.1 Å². The Morgan fingerprint density at radius 1 is 0.379 bits per heavy atom. The van der Waals surface area contributed by atoms with E-state index in [-0.39, 0.29) is 5.82 Å². The summed E-state index contributed by atoms with van der Waals surface area (Å²) in [7, 11) is 0. The molecule has 0 N–H and O–H groups in total. The summed E-state index contributed by atoms with van der Waals surface area (Å²) in [6.07, 6.45) is 0. The molecule has 4 heteroatoms. The molecule has 2 aromatic heterocycles. The normalized spacial score (nSPS) is 11.5. The summed E-state index contributed by atoms with van der Waals surface area (Å²) in [5.41, 5.74) is 12.9. The van der Waals surface area contributed by atoms with Crippen LogP contribution >= 0.6 is 11.3 Å². The third-order valence-electron chi connectivity index (χ3n) is 11.3. The fourth-order valence-corrected chi connectivity index (χ4v) is 9.72. The molecule has 2 heterocycles. The molecular weight excluding hydrogens is 728 g/mol. The maximum Gasteiger partial charge on any atom is 0.125 e. The van der Waals surface area contributed by atoms with Crippen molar-refractivity contribution in [1.29, 1.82) is 0 Å². The van der Waals surface area contributed by atoms with Crippen LogP contribution in [0.5, 0.6) is 0 Å². The molecule has 0 aliphatic rings. The highest BCUT2D eigenvalue weighted by molar-refractivity contribution is 7.25. The summed E-state index contributed by atoms with van der Waals surface area (Å²) < 4.78 is 19.6. The fraction of sp³-hybridized carbons (Fsp3) is 0. The number of halogens is 1. The molecule has 2 nitrogen and oxygen atoms in total. The number of hydrogen-bond donors (Lipinski definition) is 0. The van der Waals surface area contributed by atoms with Crippen molar-refractivity contribution in [2.45, 2.75) is 0 Å². The molecule has 9 aromatic carbocycles. The molecule has 0 fully saturated rings. The van der Waals surface area contributed by atoms with E-state index in [0.29, 0.717) is 0 Å².